The Labute approximate surface area is 175 Å². The molecule has 1 fully saturated rings. The van der Waals surface area contributed by atoms with Crippen LogP contribution in [0, 0.1) is 0 Å². The first-order valence-electron chi connectivity index (χ1n) is 11.2. The minimum Gasteiger partial charge on any atom is -0.376 e. The van der Waals surface area contributed by atoms with Crippen molar-refractivity contribution in [2.75, 3.05) is 26.7 Å². The van der Waals surface area contributed by atoms with Crippen molar-refractivity contribution in [1.82, 2.24) is 15.5 Å². The normalized spacial score (nSPS) is 17.7. The van der Waals surface area contributed by atoms with Crippen LogP contribution < -0.4 is 10.6 Å². The molecule has 0 spiro atoms. The SMILES string of the molecule is CN=C(NCCCC(=O)N1Cc2ccccc2C1)NCCOC1CCCCCC1. The Kier molecular flexibility index (Phi) is 8.81. The van der Waals surface area contributed by atoms with E-state index in [4.69, 9.17) is 4.74 Å². The molecule has 1 aliphatic carbocycles. The zero-order valence-electron chi connectivity index (χ0n) is 17.8. The van der Waals surface area contributed by atoms with Crippen LogP contribution in [0.1, 0.15) is 62.5 Å². The molecule has 0 radical (unpaired) electrons. The standard InChI is InChI=1S/C23H36N4O2/c1-24-23(26-15-16-29-21-11-4-2-3-5-12-21)25-14-8-13-22(28)27-17-19-9-6-7-10-20(19)18-27/h6-7,9-10,21H,2-5,8,11-18H2,1H3,(H2,24,25,26). The fourth-order valence-corrected chi connectivity index (χ4v) is 4.14. The number of carbonyl (C=O) groups excluding carboxylic acids is 1. The van der Waals surface area contributed by atoms with E-state index in [2.05, 4.69) is 27.8 Å². The van der Waals surface area contributed by atoms with Crippen molar-refractivity contribution >= 4 is 11.9 Å². The summed E-state index contributed by atoms with van der Waals surface area (Å²) in [6, 6.07) is 8.30. The van der Waals surface area contributed by atoms with Gasteiger partial charge in [-0.2, -0.15) is 0 Å². The van der Waals surface area contributed by atoms with Crippen LogP contribution in [0.2, 0.25) is 0 Å². The van der Waals surface area contributed by atoms with Gasteiger partial charge in [-0.15, -0.1) is 0 Å². The van der Waals surface area contributed by atoms with E-state index in [1.54, 1.807) is 7.05 Å². The van der Waals surface area contributed by atoms with Gasteiger partial charge in [-0.1, -0.05) is 49.9 Å². The molecule has 0 bridgehead atoms. The zero-order valence-corrected chi connectivity index (χ0v) is 17.8. The van der Waals surface area contributed by atoms with Gasteiger partial charge in [-0.05, 0) is 30.4 Å². The highest BCUT2D eigenvalue weighted by atomic mass is 16.5. The summed E-state index contributed by atoms with van der Waals surface area (Å²) >= 11 is 0. The quantitative estimate of drug-likeness (QED) is 0.304. The summed E-state index contributed by atoms with van der Waals surface area (Å²) in [4.78, 5) is 18.6. The van der Waals surface area contributed by atoms with E-state index in [0.29, 0.717) is 19.1 Å². The third-order valence-corrected chi connectivity index (χ3v) is 5.83. The molecule has 0 saturated heterocycles. The molecule has 0 aromatic heterocycles. The van der Waals surface area contributed by atoms with Gasteiger partial charge in [-0.3, -0.25) is 9.79 Å². The van der Waals surface area contributed by atoms with Gasteiger partial charge in [0.1, 0.15) is 0 Å². The van der Waals surface area contributed by atoms with Gasteiger partial charge in [0.05, 0.1) is 12.7 Å². The van der Waals surface area contributed by atoms with Crippen LogP contribution >= 0.6 is 0 Å². The number of benzene rings is 1. The maximum atomic E-state index is 12.4. The van der Waals surface area contributed by atoms with Crippen molar-refractivity contribution in [3.8, 4) is 0 Å². The van der Waals surface area contributed by atoms with Gasteiger partial charge in [0.15, 0.2) is 5.96 Å². The zero-order chi connectivity index (χ0) is 20.3. The Morgan fingerprint density at radius 3 is 2.38 bits per heavy atom. The Morgan fingerprint density at radius 2 is 1.72 bits per heavy atom. The highest BCUT2D eigenvalue weighted by molar-refractivity contribution is 5.80. The second kappa shape index (κ2) is 11.8. The largest absolute Gasteiger partial charge is 0.376 e. The van der Waals surface area contributed by atoms with Crippen molar-refractivity contribution in [2.24, 2.45) is 4.99 Å². The van der Waals surface area contributed by atoms with Crippen LogP contribution in [0.5, 0.6) is 0 Å². The second-order valence-electron chi connectivity index (χ2n) is 8.03. The molecular weight excluding hydrogens is 364 g/mol. The molecule has 1 aromatic carbocycles. The van der Waals surface area contributed by atoms with E-state index in [1.807, 2.05) is 17.0 Å². The van der Waals surface area contributed by atoms with Crippen molar-refractivity contribution in [3.05, 3.63) is 35.4 Å². The van der Waals surface area contributed by atoms with Gasteiger partial charge in [-0.25, -0.2) is 0 Å². The van der Waals surface area contributed by atoms with Crippen LogP contribution in [-0.4, -0.2) is 49.6 Å². The third-order valence-electron chi connectivity index (χ3n) is 5.83. The maximum absolute atomic E-state index is 12.4. The lowest BCUT2D eigenvalue weighted by atomic mass is 10.1. The smallest absolute Gasteiger partial charge is 0.223 e. The number of carbonyl (C=O) groups is 1. The predicted octanol–water partition coefficient (Wildman–Crippen LogP) is 3.21. The molecule has 1 amide bonds. The molecule has 1 heterocycles. The molecule has 1 aliphatic heterocycles. The molecule has 3 rings (SSSR count). The first kappa shape index (κ1) is 21.6. The lowest BCUT2D eigenvalue weighted by molar-refractivity contribution is -0.131. The molecule has 1 saturated carbocycles. The summed E-state index contributed by atoms with van der Waals surface area (Å²) in [5.74, 6) is 0.998. The van der Waals surface area contributed by atoms with Gasteiger partial charge in [0.25, 0.3) is 0 Å². The summed E-state index contributed by atoms with van der Waals surface area (Å²) in [6.07, 6.45) is 9.47. The van der Waals surface area contributed by atoms with Crippen molar-refractivity contribution in [1.29, 1.82) is 0 Å². The molecule has 0 unspecified atom stereocenters. The molecule has 2 aliphatic rings. The third kappa shape index (κ3) is 7.03. The molecule has 29 heavy (non-hydrogen) atoms. The number of hydrogen-bond donors (Lipinski definition) is 2. The van der Waals surface area contributed by atoms with Gasteiger partial charge >= 0.3 is 0 Å². The van der Waals surface area contributed by atoms with Gasteiger partial charge < -0.3 is 20.3 Å². The number of fused-ring (bicyclic) bond motifs is 1. The fourth-order valence-electron chi connectivity index (χ4n) is 4.14. The Balaban J connectivity index is 1.25. The molecule has 6 heteroatoms. The highest BCUT2D eigenvalue weighted by Gasteiger charge is 2.22. The number of aliphatic imine (C=N–C) groups is 1. The summed E-state index contributed by atoms with van der Waals surface area (Å²) in [7, 11) is 1.77. The van der Waals surface area contributed by atoms with E-state index in [1.165, 1.54) is 49.7 Å². The summed E-state index contributed by atoms with van der Waals surface area (Å²) in [5.41, 5.74) is 2.55. The van der Waals surface area contributed by atoms with E-state index < -0.39 is 0 Å². The average molecular weight is 401 g/mol. The molecule has 0 atom stereocenters. The lowest BCUT2D eigenvalue weighted by Gasteiger charge is -2.17. The van der Waals surface area contributed by atoms with Crippen LogP contribution in [0.3, 0.4) is 0 Å². The number of nitrogens with one attached hydrogen (secondary N) is 2. The number of nitrogens with zero attached hydrogens (tertiary/aromatic N) is 2. The fraction of sp³-hybridized carbons (Fsp3) is 0.652. The van der Waals surface area contributed by atoms with E-state index >= 15 is 0 Å². The Morgan fingerprint density at radius 1 is 1.07 bits per heavy atom. The topological polar surface area (TPSA) is 66.0 Å². The summed E-state index contributed by atoms with van der Waals surface area (Å²) in [5, 5.41) is 6.59. The maximum Gasteiger partial charge on any atom is 0.223 e. The lowest BCUT2D eigenvalue weighted by Crippen LogP contribution is -2.40. The minimum absolute atomic E-state index is 0.225. The molecule has 2 N–H and O–H groups in total. The molecule has 1 aromatic rings. The Bertz CT molecular complexity index is 644. The van der Waals surface area contributed by atoms with Crippen molar-refractivity contribution < 1.29 is 9.53 Å². The number of hydrogen-bond acceptors (Lipinski definition) is 3. The first-order chi connectivity index (χ1) is 14.3. The van der Waals surface area contributed by atoms with E-state index in [-0.39, 0.29) is 5.91 Å². The van der Waals surface area contributed by atoms with Crippen LogP contribution in [0.15, 0.2) is 29.3 Å². The second-order valence-corrected chi connectivity index (χ2v) is 8.03. The minimum atomic E-state index is 0.225. The molecule has 160 valence electrons. The van der Waals surface area contributed by atoms with Gasteiger partial charge in [0.2, 0.25) is 5.91 Å². The number of amides is 1. The van der Waals surface area contributed by atoms with Crippen molar-refractivity contribution in [2.45, 2.75) is 70.6 Å². The Hall–Kier alpha value is -2.08. The number of guanidine groups is 1. The highest BCUT2D eigenvalue weighted by Crippen LogP contribution is 2.23. The van der Waals surface area contributed by atoms with Gasteiger partial charge in [0, 0.05) is 39.6 Å². The number of ether oxygens (including phenoxy) is 1. The van der Waals surface area contributed by atoms with Crippen LogP contribution in [-0.2, 0) is 22.6 Å². The molecule has 6 nitrogen and oxygen atoms in total. The van der Waals surface area contributed by atoms with Crippen molar-refractivity contribution in [3.63, 3.8) is 0 Å². The average Bonchev–Trinajstić information content (AvgIpc) is 3.01. The predicted molar refractivity (Wildman–Crippen MR) is 117 cm³/mol. The first-order valence-corrected chi connectivity index (χ1v) is 11.2. The summed E-state index contributed by atoms with van der Waals surface area (Å²) in [6.45, 7) is 3.68. The van der Waals surface area contributed by atoms with Crippen LogP contribution in [0.4, 0.5) is 0 Å². The monoisotopic (exact) mass is 400 g/mol. The van der Waals surface area contributed by atoms with E-state index in [0.717, 1.165) is 38.6 Å². The summed E-state index contributed by atoms with van der Waals surface area (Å²) < 4.78 is 6.00. The van der Waals surface area contributed by atoms with Crippen LogP contribution in [0.25, 0.3) is 0 Å². The molecular formula is C23H36N4O2. The van der Waals surface area contributed by atoms with E-state index in [9.17, 15) is 4.79 Å². The number of rotatable bonds is 8.